The van der Waals surface area contributed by atoms with E-state index in [-0.39, 0.29) is 22.5 Å². The number of halogens is 2. The fourth-order valence-corrected chi connectivity index (χ4v) is 5.67. The molecule has 0 spiro atoms. The monoisotopic (exact) mass is 520 g/mol. The summed E-state index contributed by atoms with van der Waals surface area (Å²) in [5, 5.41) is 10.9. The lowest BCUT2D eigenvalue weighted by Gasteiger charge is -2.13. The molecule has 2 amide bonds. The van der Waals surface area contributed by atoms with Gasteiger partial charge in [-0.25, -0.2) is 8.78 Å². The Morgan fingerprint density at radius 2 is 1.76 bits per heavy atom. The molecule has 33 heavy (non-hydrogen) atoms. The first-order chi connectivity index (χ1) is 15.9. The number of carbonyl (C=O) groups is 2. The van der Waals surface area contributed by atoms with Crippen LogP contribution >= 0.6 is 47.1 Å². The Morgan fingerprint density at radius 3 is 2.45 bits per heavy atom. The topological polar surface area (TPSA) is 75.2 Å². The van der Waals surface area contributed by atoms with E-state index in [2.05, 4.69) is 15.5 Å². The van der Waals surface area contributed by atoms with Gasteiger partial charge in [0.25, 0.3) is 5.91 Å². The van der Waals surface area contributed by atoms with E-state index in [1.807, 2.05) is 0 Å². The van der Waals surface area contributed by atoms with Crippen LogP contribution in [0.25, 0.3) is 6.08 Å². The number of aromatic nitrogens is 2. The lowest BCUT2D eigenvalue weighted by atomic mass is 10.2. The van der Waals surface area contributed by atoms with Gasteiger partial charge in [0.05, 0.1) is 4.91 Å². The first kappa shape index (κ1) is 23.5. The van der Waals surface area contributed by atoms with Crippen molar-refractivity contribution in [1.29, 1.82) is 0 Å². The molecule has 3 aromatic rings. The Morgan fingerprint density at radius 1 is 1.09 bits per heavy atom. The molecule has 1 saturated heterocycles. The van der Waals surface area contributed by atoms with Gasteiger partial charge in [0.15, 0.2) is 4.34 Å². The van der Waals surface area contributed by atoms with Gasteiger partial charge in [-0.05, 0) is 41.5 Å². The number of nitrogens with zero attached hydrogens (tertiary/aromatic N) is 3. The summed E-state index contributed by atoms with van der Waals surface area (Å²) in [4.78, 5) is 26.7. The van der Waals surface area contributed by atoms with Crippen molar-refractivity contribution < 1.29 is 18.4 Å². The van der Waals surface area contributed by atoms with Crippen LogP contribution in [0.5, 0.6) is 0 Å². The van der Waals surface area contributed by atoms with Gasteiger partial charge in [0.2, 0.25) is 11.0 Å². The number of amides is 2. The van der Waals surface area contributed by atoms with Crippen molar-refractivity contribution >= 4 is 74.4 Å². The summed E-state index contributed by atoms with van der Waals surface area (Å²) in [7, 11) is 0. The molecule has 0 aliphatic carbocycles. The molecule has 4 rings (SSSR count). The molecule has 0 bridgehead atoms. The van der Waals surface area contributed by atoms with Crippen LogP contribution in [-0.2, 0) is 15.3 Å². The summed E-state index contributed by atoms with van der Waals surface area (Å²) in [6, 6.07) is 11.9. The van der Waals surface area contributed by atoms with Gasteiger partial charge in [-0.1, -0.05) is 71.3 Å². The maximum absolute atomic E-state index is 13.1. The zero-order chi connectivity index (χ0) is 23.4. The summed E-state index contributed by atoms with van der Waals surface area (Å²) in [5.74, 6) is -0.931. The van der Waals surface area contributed by atoms with Crippen molar-refractivity contribution in [3.63, 3.8) is 0 Å². The highest BCUT2D eigenvalue weighted by Crippen LogP contribution is 2.33. The van der Waals surface area contributed by atoms with E-state index in [1.165, 1.54) is 52.3 Å². The van der Waals surface area contributed by atoms with Crippen molar-refractivity contribution in [3.05, 3.63) is 76.2 Å². The Bertz CT molecular complexity index is 1230. The van der Waals surface area contributed by atoms with Crippen LogP contribution in [0.15, 0.2) is 57.8 Å². The molecular formula is C21H14F2N4O2S4. The molecule has 2 aromatic carbocycles. The molecule has 0 radical (unpaired) electrons. The van der Waals surface area contributed by atoms with Crippen LogP contribution in [0.3, 0.4) is 0 Å². The lowest BCUT2D eigenvalue weighted by molar-refractivity contribution is -0.126. The van der Waals surface area contributed by atoms with Gasteiger partial charge in [0, 0.05) is 5.75 Å². The second kappa shape index (κ2) is 10.5. The minimum absolute atomic E-state index is 0.260. The van der Waals surface area contributed by atoms with Gasteiger partial charge in [-0.15, -0.1) is 10.2 Å². The molecule has 2 heterocycles. The minimum Gasteiger partial charge on any atom is -0.299 e. The number of thiocarbonyl (C=S) groups is 1. The Labute approximate surface area is 205 Å². The Kier molecular flexibility index (Phi) is 7.48. The van der Waals surface area contributed by atoms with Crippen molar-refractivity contribution in [2.24, 2.45) is 0 Å². The van der Waals surface area contributed by atoms with Crippen molar-refractivity contribution in [2.75, 3.05) is 11.9 Å². The van der Waals surface area contributed by atoms with E-state index in [0.29, 0.717) is 25.7 Å². The first-order valence-corrected chi connectivity index (χ1v) is 12.4. The zero-order valence-electron chi connectivity index (χ0n) is 16.7. The quantitative estimate of drug-likeness (QED) is 0.205. The predicted molar refractivity (Wildman–Crippen MR) is 131 cm³/mol. The van der Waals surface area contributed by atoms with Gasteiger partial charge in [-0.3, -0.25) is 19.8 Å². The van der Waals surface area contributed by atoms with Crippen LogP contribution in [0.2, 0.25) is 0 Å². The number of thioether (sulfide) groups is 2. The molecule has 0 unspecified atom stereocenters. The van der Waals surface area contributed by atoms with Crippen LogP contribution in [0, 0.1) is 11.6 Å². The summed E-state index contributed by atoms with van der Waals surface area (Å²) in [6.07, 6.45) is 1.60. The molecule has 1 aliphatic rings. The maximum atomic E-state index is 13.1. The lowest BCUT2D eigenvalue weighted by Crippen LogP contribution is -2.36. The largest absolute Gasteiger partial charge is 0.299 e. The highest BCUT2D eigenvalue weighted by molar-refractivity contribution is 8.26. The number of hydrogen-bond donors (Lipinski definition) is 1. The summed E-state index contributed by atoms with van der Waals surface area (Å²) >= 11 is 8.94. The van der Waals surface area contributed by atoms with E-state index in [9.17, 15) is 18.4 Å². The van der Waals surface area contributed by atoms with Crippen molar-refractivity contribution in [1.82, 2.24) is 15.1 Å². The van der Waals surface area contributed by atoms with E-state index in [0.717, 1.165) is 17.3 Å². The van der Waals surface area contributed by atoms with Crippen LogP contribution < -0.4 is 5.32 Å². The van der Waals surface area contributed by atoms with E-state index < -0.39 is 11.8 Å². The molecule has 6 nitrogen and oxygen atoms in total. The molecular weight excluding hydrogens is 507 g/mol. The smallest absolute Gasteiger partial charge is 0.266 e. The number of anilines is 1. The zero-order valence-corrected chi connectivity index (χ0v) is 19.9. The first-order valence-electron chi connectivity index (χ1n) is 9.39. The van der Waals surface area contributed by atoms with Crippen LogP contribution in [0.4, 0.5) is 13.9 Å². The molecule has 12 heteroatoms. The molecule has 168 valence electrons. The van der Waals surface area contributed by atoms with E-state index in [4.69, 9.17) is 12.2 Å². The van der Waals surface area contributed by atoms with Gasteiger partial charge in [0.1, 0.15) is 22.5 Å². The number of rotatable bonds is 7. The summed E-state index contributed by atoms with van der Waals surface area (Å²) in [6.45, 7) is -0.261. The number of nitrogens with one attached hydrogen (secondary N) is 1. The number of carbonyl (C=O) groups excluding carboxylic acids is 2. The van der Waals surface area contributed by atoms with Gasteiger partial charge < -0.3 is 0 Å². The van der Waals surface area contributed by atoms with Crippen LogP contribution in [-0.4, -0.2) is 37.8 Å². The molecule has 1 aliphatic heterocycles. The molecule has 1 aromatic heterocycles. The molecule has 0 saturated carbocycles. The summed E-state index contributed by atoms with van der Waals surface area (Å²) < 4.78 is 27.0. The Hall–Kier alpha value is -2.67. The molecule has 0 atom stereocenters. The van der Waals surface area contributed by atoms with Crippen molar-refractivity contribution in [3.8, 4) is 0 Å². The highest BCUT2D eigenvalue weighted by Gasteiger charge is 2.33. The Balaban J connectivity index is 1.32. The predicted octanol–water partition coefficient (Wildman–Crippen LogP) is 4.95. The van der Waals surface area contributed by atoms with Gasteiger partial charge in [-0.2, -0.15) is 0 Å². The summed E-state index contributed by atoms with van der Waals surface area (Å²) in [5.41, 5.74) is 1.59. The standard InChI is InChI=1S/C21H14F2N4O2S4/c22-14-5-1-12(2-6-14)9-16-18(29)27(21(30)32-16)10-17(28)24-19-25-26-20(33-19)31-11-13-3-7-15(23)8-4-13/h1-9H,10-11H2,(H,24,25,28)/b16-9-. The fraction of sp³-hybridized carbons (Fsp3) is 0.0952. The SMILES string of the molecule is O=C(CN1C(=O)/C(=C/c2ccc(F)cc2)SC1=S)Nc1nnc(SCc2ccc(F)cc2)s1. The number of benzene rings is 2. The third kappa shape index (κ3) is 6.22. The normalized spacial score (nSPS) is 14.8. The second-order valence-corrected chi connectivity index (χ2v) is 10.5. The average molecular weight is 521 g/mol. The second-order valence-electron chi connectivity index (χ2n) is 6.66. The third-order valence-electron chi connectivity index (χ3n) is 4.27. The molecule has 1 fully saturated rings. The molecule has 1 N–H and O–H groups in total. The van der Waals surface area contributed by atoms with Crippen LogP contribution in [0.1, 0.15) is 11.1 Å². The fourth-order valence-electron chi connectivity index (χ4n) is 2.69. The third-order valence-corrected chi connectivity index (χ3v) is 7.69. The van der Waals surface area contributed by atoms with Crippen molar-refractivity contribution in [2.45, 2.75) is 10.1 Å². The highest BCUT2D eigenvalue weighted by atomic mass is 32.2. The maximum Gasteiger partial charge on any atom is 0.266 e. The van der Waals surface area contributed by atoms with E-state index in [1.54, 1.807) is 30.3 Å². The van der Waals surface area contributed by atoms with Gasteiger partial charge >= 0.3 is 0 Å². The minimum atomic E-state index is -0.458. The number of hydrogen-bond acceptors (Lipinski definition) is 8. The average Bonchev–Trinajstić information content (AvgIpc) is 3.34. The van der Waals surface area contributed by atoms with E-state index >= 15 is 0 Å².